The zero-order valence-electron chi connectivity index (χ0n) is 13.4. The maximum Gasteiger partial charge on any atom is 0.125 e. The van der Waals surface area contributed by atoms with E-state index in [4.69, 9.17) is 4.74 Å². The molecule has 2 aromatic rings. The Morgan fingerprint density at radius 3 is 2.23 bits per heavy atom. The molecule has 0 N–H and O–H groups in total. The quantitative estimate of drug-likeness (QED) is 0.783. The van der Waals surface area contributed by atoms with Crippen LogP contribution in [0.15, 0.2) is 59.5 Å². The van der Waals surface area contributed by atoms with E-state index in [1.54, 1.807) is 6.26 Å². The summed E-state index contributed by atoms with van der Waals surface area (Å²) in [6.45, 7) is 0.955. The molecule has 0 amide bonds. The minimum atomic E-state index is -0.958. The first-order valence-corrected chi connectivity index (χ1v) is 8.92. The Morgan fingerprint density at radius 2 is 1.68 bits per heavy atom. The van der Waals surface area contributed by atoms with Crippen LogP contribution in [0.5, 0.6) is 5.75 Å². The normalized spacial score (nSPS) is 13.8. The molecule has 0 bridgehead atoms. The third-order valence-electron chi connectivity index (χ3n) is 3.44. The average molecular weight is 317 g/mol. The first kappa shape index (κ1) is 16.7. The Kier molecular flexibility index (Phi) is 6.16. The molecule has 0 aliphatic carbocycles. The lowest BCUT2D eigenvalue weighted by Gasteiger charge is -2.21. The summed E-state index contributed by atoms with van der Waals surface area (Å²) < 4.78 is 17.6. The minimum absolute atomic E-state index is 0.0153. The Balaban J connectivity index is 2.13. The van der Waals surface area contributed by atoms with Gasteiger partial charge < -0.3 is 9.64 Å². The minimum Gasteiger partial charge on any atom is -0.486 e. The Hall–Kier alpha value is -1.65. The lowest BCUT2D eigenvalue weighted by Crippen LogP contribution is -2.18. The standard InChI is InChI=1S/C18H23NO2S/c1-19(2)14-13-18(15-7-5-4-6-8-15)21-16-9-11-17(12-10-16)22(3)20/h4-12,18H,13-14H2,1-3H3. The summed E-state index contributed by atoms with van der Waals surface area (Å²) in [5.41, 5.74) is 1.17. The van der Waals surface area contributed by atoms with Gasteiger partial charge in [0, 0.05) is 34.9 Å². The van der Waals surface area contributed by atoms with E-state index in [-0.39, 0.29) is 6.10 Å². The van der Waals surface area contributed by atoms with E-state index in [0.29, 0.717) is 0 Å². The third-order valence-corrected chi connectivity index (χ3v) is 4.38. The number of hydrogen-bond donors (Lipinski definition) is 0. The summed E-state index contributed by atoms with van der Waals surface area (Å²) in [6.07, 6.45) is 2.61. The van der Waals surface area contributed by atoms with Crippen LogP contribution >= 0.6 is 0 Å². The summed E-state index contributed by atoms with van der Waals surface area (Å²) in [5, 5.41) is 0. The number of ether oxygens (including phenoxy) is 1. The van der Waals surface area contributed by atoms with Gasteiger partial charge in [0.2, 0.25) is 0 Å². The number of rotatable bonds is 7. The summed E-state index contributed by atoms with van der Waals surface area (Å²) in [7, 11) is 3.17. The number of benzene rings is 2. The molecule has 2 atom stereocenters. The molecule has 22 heavy (non-hydrogen) atoms. The van der Waals surface area contributed by atoms with Crippen molar-refractivity contribution >= 4 is 10.8 Å². The first-order valence-electron chi connectivity index (χ1n) is 7.36. The van der Waals surface area contributed by atoms with E-state index >= 15 is 0 Å². The Bertz CT molecular complexity index is 596. The topological polar surface area (TPSA) is 29.5 Å². The van der Waals surface area contributed by atoms with E-state index in [1.165, 1.54) is 5.56 Å². The van der Waals surface area contributed by atoms with Crippen LogP contribution in [0.3, 0.4) is 0 Å². The predicted molar refractivity (Wildman–Crippen MR) is 91.8 cm³/mol. The molecule has 0 aliphatic heterocycles. The highest BCUT2D eigenvalue weighted by atomic mass is 32.2. The van der Waals surface area contributed by atoms with Gasteiger partial charge in [-0.3, -0.25) is 4.21 Å². The molecule has 0 saturated heterocycles. The van der Waals surface area contributed by atoms with Gasteiger partial charge >= 0.3 is 0 Å². The van der Waals surface area contributed by atoms with Crippen LogP contribution in [0.4, 0.5) is 0 Å². The van der Waals surface area contributed by atoms with Gasteiger partial charge in [0.1, 0.15) is 11.9 Å². The molecule has 2 rings (SSSR count). The zero-order valence-corrected chi connectivity index (χ0v) is 14.2. The largest absolute Gasteiger partial charge is 0.486 e. The van der Waals surface area contributed by atoms with Crippen molar-refractivity contribution in [2.45, 2.75) is 17.4 Å². The molecule has 0 radical (unpaired) electrons. The van der Waals surface area contributed by atoms with E-state index in [9.17, 15) is 4.21 Å². The zero-order chi connectivity index (χ0) is 15.9. The van der Waals surface area contributed by atoms with E-state index in [1.807, 2.05) is 42.5 Å². The Morgan fingerprint density at radius 1 is 1.05 bits per heavy atom. The monoisotopic (exact) mass is 317 g/mol. The highest BCUT2D eigenvalue weighted by molar-refractivity contribution is 7.84. The maximum atomic E-state index is 11.4. The van der Waals surface area contributed by atoms with Gasteiger partial charge in [0.25, 0.3) is 0 Å². The van der Waals surface area contributed by atoms with Gasteiger partial charge in [-0.1, -0.05) is 30.3 Å². The molecule has 2 unspecified atom stereocenters. The van der Waals surface area contributed by atoms with Crippen molar-refractivity contribution in [3.05, 3.63) is 60.2 Å². The van der Waals surface area contributed by atoms with Crippen LogP contribution in [0.2, 0.25) is 0 Å². The highest BCUT2D eigenvalue weighted by Crippen LogP contribution is 2.25. The first-order chi connectivity index (χ1) is 10.6. The molecule has 0 saturated carbocycles. The molecule has 4 heteroatoms. The smallest absolute Gasteiger partial charge is 0.125 e. The van der Waals surface area contributed by atoms with Gasteiger partial charge in [-0.2, -0.15) is 0 Å². The van der Waals surface area contributed by atoms with Crippen LogP contribution < -0.4 is 4.74 Å². The van der Waals surface area contributed by atoms with Gasteiger partial charge in [0.05, 0.1) is 0 Å². The molecule has 118 valence electrons. The second kappa shape index (κ2) is 8.11. The summed E-state index contributed by atoms with van der Waals surface area (Å²) in [4.78, 5) is 2.97. The molecular formula is C18H23NO2S. The second-order valence-electron chi connectivity index (χ2n) is 5.53. The summed E-state index contributed by atoms with van der Waals surface area (Å²) in [5.74, 6) is 0.807. The van der Waals surface area contributed by atoms with Crippen molar-refractivity contribution in [1.29, 1.82) is 0 Å². The van der Waals surface area contributed by atoms with Crippen molar-refractivity contribution in [2.75, 3.05) is 26.9 Å². The lowest BCUT2D eigenvalue weighted by molar-refractivity contribution is 0.179. The molecule has 0 spiro atoms. The molecule has 2 aromatic carbocycles. The fourth-order valence-electron chi connectivity index (χ4n) is 2.21. The van der Waals surface area contributed by atoms with Crippen LogP contribution in [-0.2, 0) is 10.8 Å². The fourth-order valence-corrected chi connectivity index (χ4v) is 2.73. The van der Waals surface area contributed by atoms with Gasteiger partial charge in [-0.05, 0) is 43.9 Å². The second-order valence-corrected chi connectivity index (χ2v) is 6.91. The van der Waals surface area contributed by atoms with E-state index in [2.05, 4.69) is 31.1 Å². The van der Waals surface area contributed by atoms with Crippen molar-refractivity contribution in [3.63, 3.8) is 0 Å². The predicted octanol–water partition coefficient (Wildman–Crippen LogP) is 3.50. The summed E-state index contributed by atoms with van der Waals surface area (Å²) in [6, 6.07) is 17.8. The van der Waals surface area contributed by atoms with Crippen molar-refractivity contribution in [3.8, 4) is 5.75 Å². The average Bonchev–Trinajstić information content (AvgIpc) is 2.52. The van der Waals surface area contributed by atoms with Crippen molar-refractivity contribution in [2.24, 2.45) is 0 Å². The molecule has 0 heterocycles. The van der Waals surface area contributed by atoms with Crippen LogP contribution in [0.1, 0.15) is 18.1 Å². The van der Waals surface area contributed by atoms with Gasteiger partial charge in [0.15, 0.2) is 0 Å². The molecule has 0 aliphatic rings. The van der Waals surface area contributed by atoms with Crippen molar-refractivity contribution < 1.29 is 8.95 Å². The van der Waals surface area contributed by atoms with Crippen LogP contribution in [0, 0.1) is 0 Å². The fraction of sp³-hybridized carbons (Fsp3) is 0.333. The molecule has 3 nitrogen and oxygen atoms in total. The molecule has 0 aromatic heterocycles. The van der Waals surface area contributed by atoms with Crippen molar-refractivity contribution in [1.82, 2.24) is 4.90 Å². The van der Waals surface area contributed by atoms with E-state index in [0.717, 1.165) is 23.6 Å². The van der Waals surface area contributed by atoms with Gasteiger partial charge in [-0.25, -0.2) is 0 Å². The lowest BCUT2D eigenvalue weighted by atomic mass is 10.1. The Labute approximate surface area is 135 Å². The molecular weight excluding hydrogens is 294 g/mol. The number of nitrogens with zero attached hydrogens (tertiary/aromatic N) is 1. The van der Waals surface area contributed by atoms with Crippen LogP contribution in [0.25, 0.3) is 0 Å². The highest BCUT2D eigenvalue weighted by Gasteiger charge is 2.13. The summed E-state index contributed by atoms with van der Waals surface area (Å²) >= 11 is 0. The third kappa shape index (κ3) is 4.97. The van der Waals surface area contributed by atoms with E-state index < -0.39 is 10.8 Å². The number of hydrogen-bond acceptors (Lipinski definition) is 3. The molecule has 0 fully saturated rings. The maximum absolute atomic E-state index is 11.4. The SMILES string of the molecule is CN(C)CCC(Oc1ccc(S(C)=O)cc1)c1ccccc1. The van der Waals surface area contributed by atoms with Gasteiger partial charge in [-0.15, -0.1) is 0 Å². The van der Waals surface area contributed by atoms with Crippen LogP contribution in [-0.4, -0.2) is 36.0 Å².